The van der Waals surface area contributed by atoms with E-state index in [0.717, 1.165) is 11.3 Å². The average Bonchev–Trinajstić information content (AvgIpc) is 2.64. The molecule has 1 aromatic rings. The first-order valence-electron chi connectivity index (χ1n) is 8.49. The van der Waals surface area contributed by atoms with E-state index in [-0.39, 0.29) is 5.91 Å². The molecule has 0 unspecified atom stereocenters. The van der Waals surface area contributed by atoms with Crippen molar-refractivity contribution in [2.24, 2.45) is 0 Å². The molecule has 1 aromatic heterocycles. The monoisotopic (exact) mass is 368 g/mol. The predicted octanol–water partition coefficient (Wildman–Crippen LogP) is -0.346. The highest BCUT2D eigenvalue weighted by Gasteiger charge is 2.34. The number of nitrogens with zero attached hydrogens (tertiary/aromatic N) is 4. The Hall–Kier alpha value is -1.55. The number of aryl methyl sites for hydroxylation is 1. The van der Waals surface area contributed by atoms with Gasteiger partial charge in [-0.1, -0.05) is 6.07 Å². The first kappa shape index (κ1) is 18.2. The minimum Gasteiger partial charge on any atom is -0.379 e. The zero-order valence-corrected chi connectivity index (χ0v) is 15.2. The smallest absolute Gasteiger partial charge is 0.282 e. The molecule has 0 atom stereocenters. The van der Waals surface area contributed by atoms with Crippen molar-refractivity contribution in [3.63, 3.8) is 0 Å². The van der Waals surface area contributed by atoms with Gasteiger partial charge in [0.15, 0.2) is 0 Å². The zero-order chi connectivity index (χ0) is 17.9. The van der Waals surface area contributed by atoms with Crippen molar-refractivity contribution in [2.45, 2.75) is 13.3 Å². The number of carbonyl (C=O) groups is 1. The van der Waals surface area contributed by atoms with Crippen molar-refractivity contribution < 1.29 is 17.9 Å². The van der Waals surface area contributed by atoms with Crippen molar-refractivity contribution in [1.82, 2.24) is 18.5 Å². The molecule has 0 aromatic carbocycles. The number of hydrogen-bond acceptors (Lipinski definition) is 5. The van der Waals surface area contributed by atoms with Crippen molar-refractivity contribution in [1.29, 1.82) is 0 Å². The van der Waals surface area contributed by atoms with E-state index in [4.69, 9.17) is 4.74 Å². The summed E-state index contributed by atoms with van der Waals surface area (Å²) in [5, 5.41) is 0. The number of ether oxygens (including phenoxy) is 1. The molecule has 9 heteroatoms. The van der Waals surface area contributed by atoms with Gasteiger partial charge < -0.3 is 9.64 Å². The fourth-order valence-corrected chi connectivity index (χ4v) is 4.56. The molecule has 0 aliphatic carbocycles. The van der Waals surface area contributed by atoms with Gasteiger partial charge in [-0.2, -0.15) is 17.0 Å². The Balaban J connectivity index is 1.54. The second-order valence-electron chi connectivity index (χ2n) is 6.28. The SMILES string of the molecule is Cc1ccc(CC(=O)N2CCN(S(=O)(=O)N3CCOCC3)CC2)cn1. The number of hydrogen-bond donors (Lipinski definition) is 0. The van der Waals surface area contributed by atoms with Crippen LogP contribution in [0.4, 0.5) is 0 Å². The van der Waals surface area contributed by atoms with Gasteiger partial charge in [0.2, 0.25) is 5.91 Å². The first-order chi connectivity index (χ1) is 12.0. The predicted molar refractivity (Wildman–Crippen MR) is 92.1 cm³/mol. The van der Waals surface area contributed by atoms with Gasteiger partial charge in [-0.05, 0) is 18.6 Å². The molecule has 2 saturated heterocycles. The number of piperazine rings is 1. The summed E-state index contributed by atoms with van der Waals surface area (Å²) < 4.78 is 33.4. The Morgan fingerprint density at radius 1 is 1.08 bits per heavy atom. The van der Waals surface area contributed by atoms with Crippen LogP contribution in [-0.2, 0) is 26.2 Å². The minimum atomic E-state index is -3.46. The highest BCUT2D eigenvalue weighted by Crippen LogP contribution is 2.15. The topological polar surface area (TPSA) is 83.1 Å². The largest absolute Gasteiger partial charge is 0.379 e. The molecule has 0 saturated carbocycles. The molecular weight excluding hydrogens is 344 g/mol. The van der Waals surface area contributed by atoms with Crippen LogP contribution in [0.25, 0.3) is 0 Å². The lowest BCUT2D eigenvalue weighted by molar-refractivity contribution is -0.131. The van der Waals surface area contributed by atoms with Gasteiger partial charge in [-0.15, -0.1) is 0 Å². The molecule has 3 heterocycles. The Kier molecular flexibility index (Phi) is 5.67. The molecule has 25 heavy (non-hydrogen) atoms. The Morgan fingerprint density at radius 3 is 2.32 bits per heavy atom. The van der Waals surface area contributed by atoms with Crippen LogP contribution in [0.1, 0.15) is 11.3 Å². The molecule has 1 amide bonds. The normalized spacial score (nSPS) is 20.6. The minimum absolute atomic E-state index is 0.00840. The van der Waals surface area contributed by atoms with Gasteiger partial charge in [0.25, 0.3) is 10.2 Å². The van der Waals surface area contributed by atoms with E-state index in [1.807, 2.05) is 19.1 Å². The van der Waals surface area contributed by atoms with Gasteiger partial charge in [0, 0.05) is 51.2 Å². The average molecular weight is 368 g/mol. The maximum absolute atomic E-state index is 12.6. The first-order valence-corrected chi connectivity index (χ1v) is 9.89. The fourth-order valence-electron chi connectivity index (χ4n) is 3.00. The fraction of sp³-hybridized carbons (Fsp3) is 0.625. The number of morpholine rings is 1. The van der Waals surface area contributed by atoms with Gasteiger partial charge in [-0.25, -0.2) is 0 Å². The summed E-state index contributed by atoms with van der Waals surface area (Å²) in [6.45, 7) is 5.05. The summed E-state index contributed by atoms with van der Waals surface area (Å²) in [5.74, 6) is 0.00840. The van der Waals surface area contributed by atoms with Crippen LogP contribution in [0.3, 0.4) is 0 Å². The Morgan fingerprint density at radius 2 is 1.72 bits per heavy atom. The summed E-state index contributed by atoms with van der Waals surface area (Å²) in [4.78, 5) is 18.3. The highest BCUT2D eigenvalue weighted by atomic mass is 32.2. The number of rotatable bonds is 4. The standard InChI is InChI=1S/C16H24N4O4S/c1-14-2-3-15(13-17-14)12-16(21)18-4-6-19(7-5-18)25(22,23)20-8-10-24-11-9-20/h2-3,13H,4-12H2,1H3. The third-order valence-electron chi connectivity index (χ3n) is 4.54. The summed E-state index contributed by atoms with van der Waals surface area (Å²) in [6.07, 6.45) is 2.01. The molecular formula is C16H24N4O4S. The molecule has 3 rings (SSSR count). The van der Waals surface area contributed by atoms with Gasteiger partial charge >= 0.3 is 0 Å². The van der Waals surface area contributed by atoms with Crippen LogP contribution in [0, 0.1) is 6.92 Å². The van der Waals surface area contributed by atoms with Crippen LogP contribution in [0.5, 0.6) is 0 Å². The van der Waals surface area contributed by atoms with E-state index < -0.39 is 10.2 Å². The summed E-state index contributed by atoms with van der Waals surface area (Å²) in [5.41, 5.74) is 1.79. The zero-order valence-electron chi connectivity index (χ0n) is 14.4. The lowest BCUT2D eigenvalue weighted by atomic mass is 10.1. The van der Waals surface area contributed by atoms with Crippen LogP contribution in [-0.4, -0.2) is 85.3 Å². The molecule has 0 bridgehead atoms. The number of pyridine rings is 1. The summed E-state index contributed by atoms with van der Waals surface area (Å²) in [7, 11) is -3.46. The quantitative estimate of drug-likeness (QED) is 0.726. The van der Waals surface area contributed by atoms with E-state index in [9.17, 15) is 13.2 Å². The maximum Gasteiger partial charge on any atom is 0.282 e. The van der Waals surface area contributed by atoms with Crippen molar-refractivity contribution in [2.75, 3.05) is 52.5 Å². The van der Waals surface area contributed by atoms with Crippen LogP contribution in [0.15, 0.2) is 18.3 Å². The Labute approximate surface area is 148 Å². The molecule has 2 aliphatic rings. The molecule has 0 radical (unpaired) electrons. The second-order valence-corrected chi connectivity index (χ2v) is 8.21. The number of carbonyl (C=O) groups excluding carboxylic acids is 1. The van der Waals surface area contributed by atoms with E-state index in [1.165, 1.54) is 8.61 Å². The van der Waals surface area contributed by atoms with Crippen LogP contribution >= 0.6 is 0 Å². The number of aromatic nitrogens is 1. The Bertz CT molecular complexity index is 693. The molecule has 138 valence electrons. The van der Waals surface area contributed by atoms with Crippen molar-refractivity contribution in [3.05, 3.63) is 29.6 Å². The van der Waals surface area contributed by atoms with E-state index in [0.29, 0.717) is 58.9 Å². The number of amides is 1. The molecule has 0 spiro atoms. The van der Waals surface area contributed by atoms with E-state index in [1.54, 1.807) is 11.1 Å². The van der Waals surface area contributed by atoms with Crippen molar-refractivity contribution >= 4 is 16.1 Å². The summed E-state index contributed by atoms with van der Waals surface area (Å²) in [6, 6.07) is 3.79. The third kappa shape index (κ3) is 4.35. The molecule has 0 N–H and O–H groups in total. The van der Waals surface area contributed by atoms with E-state index in [2.05, 4.69) is 4.98 Å². The highest BCUT2D eigenvalue weighted by molar-refractivity contribution is 7.86. The van der Waals surface area contributed by atoms with Gasteiger partial charge in [0.05, 0.1) is 19.6 Å². The summed E-state index contributed by atoms with van der Waals surface area (Å²) >= 11 is 0. The lowest BCUT2D eigenvalue weighted by Crippen LogP contribution is -2.56. The molecule has 8 nitrogen and oxygen atoms in total. The van der Waals surface area contributed by atoms with Crippen LogP contribution < -0.4 is 0 Å². The van der Waals surface area contributed by atoms with Crippen molar-refractivity contribution in [3.8, 4) is 0 Å². The molecule has 2 fully saturated rings. The van der Waals surface area contributed by atoms with E-state index >= 15 is 0 Å². The maximum atomic E-state index is 12.6. The molecule has 2 aliphatic heterocycles. The van der Waals surface area contributed by atoms with Crippen LogP contribution in [0.2, 0.25) is 0 Å². The van der Waals surface area contributed by atoms with Gasteiger partial charge in [0.1, 0.15) is 0 Å². The lowest BCUT2D eigenvalue weighted by Gasteiger charge is -2.37. The third-order valence-corrected chi connectivity index (χ3v) is 6.58. The van der Waals surface area contributed by atoms with Gasteiger partial charge in [-0.3, -0.25) is 9.78 Å². The second kappa shape index (κ2) is 7.77.